The number of rotatable bonds is 16. The fourth-order valence-electron chi connectivity index (χ4n) is 9.26. The molecule has 0 bridgehead atoms. The van der Waals surface area contributed by atoms with Crippen LogP contribution in [-0.4, -0.2) is 78.6 Å². The smallest absolute Gasteiger partial charge is 0.334 e. The van der Waals surface area contributed by atoms with E-state index in [2.05, 4.69) is 11.4 Å². The molecule has 16 nitrogen and oxygen atoms in total. The SMILES string of the molecule is O=C(CN1CC=C(c2ccc3c(c2)n(C2COC2)c(=O)n3-c2ccc(OCc3ccccc3)nc2OCc2ccccc2)CC1)Nc1ccc2c(F)c(N3CC(=O)NS3(=O)=O)c(OCc3ccccc3)cc2c1. The average molecular weight is 1000 g/mol. The summed E-state index contributed by atoms with van der Waals surface area (Å²) in [5.74, 6) is -1.45. The van der Waals surface area contributed by atoms with Crippen LogP contribution >= 0.6 is 0 Å². The lowest BCUT2D eigenvalue weighted by Crippen LogP contribution is -2.37. The van der Waals surface area contributed by atoms with Crippen LogP contribution in [0.2, 0.25) is 0 Å². The minimum atomic E-state index is -4.36. The maximum atomic E-state index is 16.4. The molecule has 0 aliphatic carbocycles. The van der Waals surface area contributed by atoms with Crippen LogP contribution in [-0.2, 0) is 44.4 Å². The van der Waals surface area contributed by atoms with E-state index in [1.165, 1.54) is 18.2 Å². The van der Waals surface area contributed by atoms with Gasteiger partial charge < -0.3 is 24.3 Å². The van der Waals surface area contributed by atoms with Crippen molar-refractivity contribution in [2.24, 2.45) is 0 Å². The molecule has 2 aromatic heterocycles. The number of carbonyl (C=O) groups is 2. The molecular weight excluding hydrogens is 954 g/mol. The summed E-state index contributed by atoms with van der Waals surface area (Å²) in [6.45, 7) is 1.88. The molecule has 73 heavy (non-hydrogen) atoms. The standard InChI is InChI=1S/C55H48FN7O9S/c56-52-44-18-17-42(26-41(44)28-48(70-31-36-10-4-1-5-11-36)53(52)61-30-50(65)59-73(61,67)68)57-49(64)29-60-24-22-39(23-25-60)40-16-19-45-47(27-40)62(43-34-69-35-43)55(66)63(45)46-20-21-51(71-32-37-12-6-2-7-13-37)58-54(46)72-33-38-14-8-3-9-15-38/h1-22,26-28,43H,23-25,29-35H2,(H,57,64)(H,59,65). The molecule has 2 N–H and O–H groups in total. The molecule has 18 heteroatoms. The highest BCUT2D eigenvalue weighted by atomic mass is 32.2. The molecule has 8 aromatic rings. The predicted octanol–water partition coefficient (Wildman–Crippen LogP) is 7.70. The molecule has 0 spiro atoms. The van der Waals surface area contributed by atoms with Crippen molar-refractivity contribution < 1.29 is 41.3 Å². The summed E-state index contributed by atoms with van der Waals surface area (Å²) in [6.07, 6.45) is 2.73. The number of fused-ring (bicyclic) bond motifs is 2. The van der Waals surface area contributed by atoms with Gasteiger partial charge in [-0.05, 0) is 82.1 Å². The molecule has 0 unspecified atom stereocenters. The van der Waals surface area contributed by atoms with E-state index in [1.54, 1.807) is 27.3 Å². The van der Waals surface area contributed by atoms with Gasteiger partial charge in [0.25, 0.3) is 5.91 Å². The maximum Gasteiger partial charge on any atom is 0.334 e. The number of pyridine rings is 1. The first-order chi connectivity index (χ1) is 35.5. The lowest BCUT2D eigenvalue weighted by Gasteiger charge is -2.27. The fraction of sp³-hybridized carbons (Fsp3) is 0.200. The molecule has 2 saturated heterocycles. The molecule has 0 saturated carbocycles. The number of halogens is 1. The van der Waals surface area contributed by atoms with E-state index in [9.17, 15) is 22.8 Å². The highest BCUT2D eigenvalue weighted by Gasteiger charge is 2.38. The molecule has 370 valence electrons. The summed E-state index contributed by atoms with van der Waals surface area (Å²) >= 11 is 0. The second-order valence-electron chi connectivity index (χ2n) is 18.0. The van der Waals surface area contributed by atoms with Gasteiger partial charge in [-0.3, -0.25) is 23.6 Å². The van der Waals surface area contributed by atoms with E-state index >= 15 is 4.39 Å². The van der Waals surface area contributed by atoms with Crippen molar-refractivity contribution in [1.82, 2.24) is 23.7 Å². The summed E-state index contributed by atoms with van der Waals surface area (Å²) < 4.78 is 72.2. The number of hydrogen-bond donors (Lipinski definition) is 2. The Labute approximate surface area is 419 Å². The number of ether oxygens (including phenoxy) is 4. The second kappa shape index (κ2) is 20.1. The van der Waals surface area contributed by atoms with Gasteiger partial charge in [0.15, 0.2) is 5.82 Å². The number of hydrogen-bond acceptors (Lipinski definition) is 11. The van der Waals surface area contributed by atoms with Crippen LogP contribution < -0.4 is 34.2 Å². The van der Waals surface area contributed by atoms with Gasteiger partial charge in [-0.15, -0.1) is 0 Å². The fourth-order valence-corrected chi connectivity index (χ4v) is 10.4. The molecular formula is C55H48FN7O9S. The zero-order valence-corrected chi connectivity index (χ0v) is 40.1. The van der Waals surface area contributed by atoms with E-state index in [1.807, 2.05) is 119 Å². The molecule has 2 amide bonds. The summed E-state index contributed by atoms with van der Waals surface area (Å²) in [5, 5.41) is 3.35. The largest absolute Gasteiger partial charge is 0.487 e. The van der Waals surface area contributed by atoms with Crippen LogP contribution in [0.3, 0.4) is 0 Å². The van der Waals surface area contributed by atoms with Crippen LogP contribution in [0.4, 0.5) is 15.8 Å². The van der Waals surface area contributed by atoms with Crippen LogP contribution in [0.15, 0.2) is 156 Å². The van der Waals surface area contributed by atoms with Crippen molar-refractivity contribution in [2.45, 2.75) is 32.3 Å². The molecule has 0 radical (unpaired) electrons. The number of imidazole rings is 1. The molecule has 0 atom stereocenters. The zero-order chi connectivity index (χ0) is 50.1. The monoisotopic (exact) mass is 1000 g/mol. The maximum absolute atomic E-state index is 16.4. The summed E-state index contributed by atoms with van der Waals surface area (Å²) in [7, 11) is -4.36. The van der Waals surface area contributed by atoms with Gasteiger partial charge in [-0.1, -0.05) is 103 Å². The third kappa shape index (κ3) is 9.87. The number of nitrogens with one attached hydrogen (secondary N) is 2. The second-order valence-corrected chi connectivity index (χ2v) is 19.5. The minimum Gasteiger partial charge on any atom is -0.487 e. The zero-order valence-electron chi connectivity index (χ0n) is 39.3. The van der Waals surface area contributed by atoms with E-state index in [0.29, 0.717) is 71.8 Å². The van der Waals surface area contributed by atoms with Gasteiger partial charge in [0.05, 0.1) is 36.8 Å². The average Bonchev–Trinajstić information content (AvgIpc) is 3.83. The Morgan fingerprint density at radius 1 is 0.781 bits per heavy atom. The summed E-state index contributed by atoms with van der Waals surface area (Å²) in [4.78, 5) is 47.1. The van der Waals surface area contributed by atoms with Crippen LogP contribution in [0, 0.1) is 5.82 Å². The van der Waals surface area contributed by atoms with Crippen LogP contribution in [0.25, 0.3) is 33.1 Å². The van der Waals surface area contributed by atoms with Crippen molar-refractivity contribution in [1.29, 1.82) is 0 Å². The quantitative estimate of drug-likeness (QED) is 0.0971. The Hall–Kier alpha value is -8.32. The number of benzene rings is 6. The Morgan fingerprint density at radius 3 is 2.10 bits per heavy atom. The molecule has 6 aromatic carbocycles. The van der Waals surface area contributed by atoms with Crippen molar-refractivity contribution in [3.63, 3.8) is 0 Å². The Morgan fingerprint density at radius 2 is 1.47 bits per heavy atom. The number of aromatic nitrogens is 3. The lowest BCUT2D eigenvalue weighted by atomic mass is 9.98. The highest BCUT2D eigenvalue weighted by Crippen LogP contribution is 2.41. The highest BCUT2D eigenvalue weighted by molar-refractivity contribution is 7.92. The molecule has 5 heterocycles. The number of nitrogens with zero attached hydrogens (tertiary/aromatic N) is 5. The Bertz CT molecular complexity index is 3610. The number of amides is 2. The van der Waals surface area contributed by atoms with E-state index in [0.717, 1.165) is 33.3 Å². The van der Waals surface area contributed by atoms with Crippen molar-refractivity contribution >= 4 is 60.8 Å². The van der Waals surface area contributed by atoms with Gasteiger partial charge in [-0.2, -0.15) is 13.4 Å². The number of anilines is 2. The molecule has 11 rings (SSSR count). The van der Waals surface area contributed by atoms with Gasteiger partial charge in [0.2, 0.25) is 17.7 Å². The number of carbonyl (C=O) groups excluding carboxylic acids is 2. The summed E-state index contributed by atoms with van der Waals surface area (Å²) in [5.41, 5.74) is 6.38. The predicted molar refractivity (Wildman–Crippen MR) is 273 cm³/mol. The topological polar surface area (TPSA) is 176 Å². The van der Waals surface area contributed by atoms with E-state index < -0.39 is 28.5 Å². The Kier molecular flexibility index (Phi) is 12.9. The third-order valence-corrected chi connectivity index (χ3v) is 14.4. The van der Waals surface area contributed by atoms with Gasteiger partial charge in [0.1, 0.15) is 43.5 Å². The van der Waals surface area contributed by atoms with E-state index in [-0.39, 0.29) is 60.1 Å². The molecule has 3 aliphatic heterocycles. The van der Waals surface area contributed by atoms with E-state index in [4.69, 9.17) is 23.9 Å². The third-order valence-electron chi connectivity index (χ3n) is 13.0. The molecule has 3 aliphatic rings. The van der Waals surface area contributed by atoms with Gasteiger partial charge >= 0.3 is 15.9 Å². The molecule has 2 fully saturated rings. The van der Waals surface area contributed by atoms with Crippen molar-refractivity contribution in [2.75, 3.05) is 49.0 Å². The first-order valence-corrected chi connectivity index (χ1v) is 25.2. The normalized spacial score (nSPS) is 15.7. The first kappa shape index (κ1) is 47.0. The van der Waals surface area contributed by atoms with Gasteiger partial charge in [0, 0.05) is 30.2 Å². The van der Waals surface area contributed by atoms with Crippen molar-refractivity contribution in [3.8, 4) is 23.2 Å². The van der Waals surface area contributed by atoms with Crippen LogP contribution in [0.1, 0.15) is 34.7 Å². The Balaban J connectivity index is 0.817. The van der Waals surface area contributed by atoms with Crippen molar-refractivity contribution in [3.05, 3.63) is 190 Å². The van der Waals surface area contributed by atoms with Crippen LogP contribution in [0.5, 0.6) is 17.5 Å². The lowest BCUT2D eigenvalue weighted by molar-refractivity contribution is -0.118. The van der Waals surface area contributed by atoms with Gasteiger partial charge in [-0.25, -0.2) is 18.2 Å². The summed E-state index contributed by atoms with van der Waals surface area (Å²) in [6, 6.07) is 44.1. The first-order valence-electron chi connectivity index (χ1n) is 23.7. The minimum absolute atomic E-state index is 0.00185.